The van der Waals surface area contributed by atoms with Crippen molar-refractivity contribution < 1.29 is 9.90 Å². The van der Waals surface area contributed by atoms with Gasteiger partial charge in [0.2, 0.25) is 0 Å². The molecule has 0 fully saturated rings. The topological polar surface area (TPSA) is 61.7 Å². The van der Waals surface area contributed by atoms with Crippen molar-refractivity contribution in [3.63, 3.8) is 0 Å². The first kappa shape index (κ1) is 11.5. The fraction of sp³-hybridized carbons (Fsp3) is 0.0667. The number of nitrogens with one attached hydrogen (secondary N) is 1. The Kier molecular flexibility index (Phi) is 2.56. The normalized spacial score (nSPS) is 13.9. The summed E-state index contributed by atoms with van der Waals surface area (Å²) >= 11 is 0. The van der Waals surface area contributed by atoms with Crippen molar-refractivity contribution in [2.45, 2.75) is 6.92 Å². The van der Waals surface area contributed by atoms with Gasteiger partial charge in [-0.1, -0.05) is 24.3 Å². The van der Waals surface area contributed by atoms with Gasteiger partial charge < -0.3 is 10.4 Å². The van der Waals surface area contributed by atoms with E-state index in [1.807, 2.05) is 36.4 Å². The summed E-state index contributed by atoms with van der Waals surface area (Å²) in [7, 11) is 0. The van der Waals surface area contributed by atoms with Gasteiger partial charge in [0.15, 0.2) is 0 Å². The van der Waals surface area contributed by atoms with Crippen LogP contribution in [0.15, 0.2) is 53.0 Å². The van der Waals surface area contributed by atoms with E-state index < -0.39 is 5.97 Å². The molecule has 0 aromatic heterocycles. The van der Waals surface area contributed by atoms with Crippen molar-refractivity contribution >= 4 is 34.0 Å². The Morgan fingerprint density at radius 1 is 1.26 bits per heavy atom. The monoisotopic (exact) mass is 252 g/mol. The summed E-state index contributed by atoms with van der Waals surface area (Å²) in [6.45, 7) is 1.73. The molecule has 2 N–H and O–H groups in total. The Bertz CT molecular complexity index is 740. The number of benzene rings is 2. The molecule has 3 rings (SSSR count). The van der Waals surface area contributed by atoms with Crippen molar-refractivity contribution in [3.8, 4) is 0 Å². The Balaban J connectivity index is 2.18. The SMILES string of the molecule is C/C(=C/C(=O)O)C1=Nc2cccc3cccc(c23)N1. The summed E-state index contributed by atoms with van der Waals surface area (Å²) in [5.74, 6) is -0.396. The summed E-state index contributed by atoms with van der Waals surface area (Å²) in [6, 6.07) is 11.9. The largest absolute Gasteiger partial charge is 0.478 e. The Morgan fingerprint density at radius 3 is 2.74 bits per heavy atom. The van der Waals surface area contributed by atoms with Gasteiger partial charge >= 0.3 is 5.97 Å². The lowest BCUT2D eigenvalue weighted by atomic mass is 10.0. The number of amidine groups is 1. The molecule has 2 aromatic carbocycles. The van der Waals surface area contributed by atoms with Crippen molar-refractivity contribution in [2.24, 2.45) is 4.99 Å². The molecule has 19 heavy (non-hydrogen) atoms. The minimum atomic E-state index is -0.973. The van der Waals surface area contributed by atoms with Gasteiger partial charge in [0.1, 0.15) is 5.84 Å². The lowest BCUT2D eigenvalue weighted by molar-refractivity contribution is -0.131. The fourth-order valence-corrected chi connectivity index (χ4v) is 2.23. The molecule has 0 spiro atoms. The molecule has 1 heterocycles. The van der Waals surface area contributed by atoms with Crippen LogP contribution in [0.3, 0.4) is 0 Å². The van der Waals surface area contributed by atoms with E-state index in [0.717, 1.165) is 28.2 Å². The van der Waals surface area contributed by atoms with Crippen LogP contribution in [0, 0.1) is 0 Å². The van der Waals surface area contributed by atoms with Crippen LogP contribution in [0.5, 0.6) is 0 Å². The number of aliphatic carboxylic acids is 1. The highest BCUT2D eigenvalue weighted by Crippen LogP contribution is 2.36. The molecule has 4 nitrogen and oxygen atoms in total. The maximum absolute atomic E-state index is 10.7. The van der Waals surface area contributed by atoms with Crippen molar-refractivity contribution in [1.82, 2.24) is 0 Å². The molecule has 1 aliphatic heterocycles. The second-order valence-electron chi connectivity index (χ2n) is 4.43. The van der Waals surface area contributed by atoms with Crippen LogP contribution in [0.2, 0.25) is 0 Å². The third-order valence-electron chi connectivity index (χ3n) is 3.08. The second-order valence-corrected chi connectivity index (χ2v) is 4.43. The third-order valence-corrected chi connectivity index (χ3v) is 3.08. The van der Waals surface area contributed by atoms with Gasteiger partial charge in [-0.3, -0.25) is 0 Å². The van der Waals surface area contributed by atoms with Crippen LogP contribution in [0.4, 0.5) is 11.4 Å². The van der Waals surface area contributed by atoms with E-state index in [1.165, 1.54) is 0 Å². The van der Waals surface area contributed by atoms with Gasteiger partial charge in [-0.2, -0.15) is 0 Å². The molecular weight excluding hydrogens is 240 g/mol. The van der Waals surface area contributed by atoms with Gasteiger partial charge in [0, 0.05) is 17.1 Å². The molecule has 0 radical (unpaired) electrons. The van der Waals surface area contributed by atoms with Crippen LogP contribution in [0.25, 0.3) is 10.8 Å². The molecule has 0 saturated heterocycles. The number of carbonyl (C=O) groups is 1. The highest BCUT2D eigenvalue weighted by molar-refractivity contribution is 6.19. The molecule has 0 amide bonds. The van der Waals surface area contributed by atoms with Crippen LogP contribution < -0.4 is 5.32 Å². The maximum Gasteiger partial charge on any atom is 0.328 e. The van der Waals surface area contributed by atoms with Crippen molar-refractivity contribution in [1.29, 1.82) is 0 Å². The van der Waals surface area contributed by atoms with E-state index in [4.69, 9.17) is 5.11 Å². The predicted molar refractivity (Wildman–Crippen MR) is 76.1 cm³/mol. The van der Waals surface area contributed by atoms with E-state index in [0.29, 0.717) is 11.4 Å². The number of rotatable bonds is 2. The van der Waals surface area contributed by atoms with Crippen LogP contribution in [-0.2, 0) is 4.79 Å². The molecule has 0 bridgehead atoms. The lowest BCUT2D eigenvalue weighted by Crippen LogP contribution is -2.16. The average Bonchev–Trinajstić information content (AvgIpc) is 2.38. The van der Waals surface area contributed by atoms with Gasteiger partial charge in [-0.15, -0.1) is 0 Å². The summed E-state index contributed by atoms with van der Waals surface area (Å²) in [5, 5.41) is 14.2. The summed E-state index contributed by atoms with van der Waals surface area (Å²) in [5.41, 5.74) is 2.41. The summed E-state index contributed by atoms with van der Waals surface area (Å²) < 4.78 is 0. The van der Waals surface area contributed by atoms with Crippen molar-refractivity contribution in [2.75, 3.05) is 5.32 Å². The van der Waals surface area contributed by atoms with Crippen LogP contribution >= 0.6 is 0 Å². The zero-order valence-electron chi connectivity index (χ0n) is 10.3. The Labute approximate surface area is 110 Å². The van der Waals surface area contributed by atoms with Gasteiger partial charge in [-0.05, 0) is 30.0 Å². The van der Waals surface area contributed by atoms with Crippen LogP contribution in [0.1, 0.15) is 6.92 Å². The summed E-state index contributed by atoms with van der Waals surface area (Å²) in [4.78, 5) is 15.2. The van der Waals surface area contributed by atoms with E-state index in [-0.39, 0.29) is 0 Å². The number of hydrogen-bond acceptors (Lipinski definition) is 3. The molecular formula is C15H12N2O2. The first-order chi connectivity index (χ1) is 9.15. The van der Waals surface area contributed by atoms with Gasteiger partial charge in [0.05, 0.1) is 5.69 Å². The molecule has 94 valence electrons. The zero-order valence-corrected chi connectivity index (χ0v) is 10.3. The quantitative estimate of drug-likeness (QED) is 0.806. The molecule has 2 aromatic rings. The van der Waals surface area contributed by atoms with E-state index in [9.17, 15) is 4.79 Å². The van der Waals surface area contributed by atoms with Gasteiger partial charge in [0.25, 0.3) is 0 Å². The maximum atomic E-state index is 10.7. The molecule has 0 saturated carbocycles. The summed E-state index contributed by atoms with van der Waals surface area (Å²) in [6.07, 6.45) is 1.15. The Hall–Kier alpha value is -2.62. The van der Waals surface area contributed by atoms with E-state index in [2.05, 4.69) is 10.3 Å². The molecule has 0 aliphatic carbocycles. The smallest absolute Gasteiger partial charge is 0.328 e. The zero-order chi connectivity index (χ0) is 13.4. The number of hydrogen-bond donors (Lipinski definition) is 2. The number of carboxylic acids is 1. The predicted octanol–water partition coefficient (Wildman–Crippen LogP) is 3.33. The highest BCUT2D eigenvalue weighted by atomic mass is 16.4. The number of carboxylic acid groups (broad SMARTS) is 1. The molecule has 0 unspecified atom stereocenters. The third kappa shape index (κ3) is 1.97. The van der Waals surface area contributed by atoms with E-state index >= 15 is 0 Å². The molecule has 1 aliphatic rings. The van der Waals surface area contributed by atoms with Gasteiger partial charge in [-0.25, -0.2) is 9.79 Å². The van der Waals surface area contributed by atoms with Crippen molar-refractivity contribution in [3.05, 3.63) is 48.0 Å². The van der Waals surface area contributed by atoms with E-state index in [1.54, 1.807) is 6.92 Å². The first-order valence-electron chi connectivity index (χ1n) is 5.94. The lowest BCUT2D eigenvalue weighted by Gasteiger charge is -2.19. The second kappa shape index (κ2) is 4.24. The average molecular weight is 252 g/mol. The number of anilines is 1. The fourth-order valence-electron chi connectivity index (χ4n) is 2.23. The first-order valence-corrected chi connectivity index (χ1v) is 5.94. The minimum Gasteiger partial charge on any atom is -0.478 e. The number of nitrogens with zero attached hydrogens (tertiary/aromatic N) is 1. The Morgan fingerprint density at radius 2 is 2.00 bits per heavy atom. The number of aliphatic imine (C=N–C) groups is 1. The standard InChI is InChI=1S/C15H12N2O2/c1-9(8-13(18)19)15-16-11-6-2-4-10-5-3-7-12(17-15)14(10)11/h2-8H,1H3,(H,16,17)(H,18,19)/b9-8-. The molecule has 0 atom stereocenters. The molecule has 4 heteroatoms. The highest BCUT2D eigenvalue weighted by Gasteiger charge is 2.15. The van der Waals surface area contributed by atoms with Crippen LogP contribution in [-0.4, -0.2) is 16.9 Å². The minimum absolute atomic E-state index is 0.577.